The number of rotatable bonds is 7. The van der Waals surface area contributed by atoms with Crippen molar-refractivity contribution in [1.82, 2.24) is 4.72 Å². The molecule has 0 fully saturated rings. The van der Waals surface area contributed by atoms with Crippen molar-refractivity contribution in [3.8, 4) is 0 Å². The zero-order valence-electron chi connectivity index (χ0n) is 11.9. The molecule has 108 valence electrons. The summed E-state index contributed by atoms with van der Waals surface area (Å²) >= 11 is 0. The Bertz CT molecular complexity index is 512. The van der Waals surface area contributed by atoms with Crippen LogP contribution < -0.4 is 10.0 Å². The van der Waals surface area contributed by atoms with Crippen molar-refractivity contribution in [3.63, 3.8) is 0 Å². The number of hydrogen-bond acceptors (Lipinski definition) is 4. The van der Waals surface area contributed by atoms with Crippen molar-refractivity contribution < 1.29 is 13.2 Å². The van der Waals surface area contributed by atoms with Crippen molar-refractivity contribution in [3.05, 3.63) is 24.3 Å². The summed E-state index contributed by atoms with van der Waals surface area (Å²) < 4.78 is 32.3. The first-order valence-electron chi connectivity index (χ1n) is 6.20. The fourth-order valence-electron chi connectivity index (χ4n) is 1.46. The third-order valence-corrected chi connectivity index (χ3v) is 4.24. The molecule has 2 N–H and O–H groups in total. The Labute approximate surface area is 115 Å². The van der Waals surface area contributed by atoms with E-state index in [0.29, 0.717) is 12.2 Å². The molecule has 6 heteroatoms. The van der Waals surface area contributed by atoms with Gasteiger partial charge in [-0.15, -0.1) is 0 Å². The summed E-state index contributed by atoms with van der Waals surface area (Å²) in [7, 11) is -1.99. The van der Waals surface area contributed by atoms with Crippen LogP contribution in [0.5, 0.6) is 0 Å². The van der Waals surface area contributed by atoms with E-state index in [4.69, 9.17) is 4.74 Å². The van der Waals surface area contributed by atoms with E-state index in [2.05, 4.69) is 10.0 Å². The van der Waals surface area contributed by atoms with E-state index < -0.39 is 15.6 Å². The van der Waals surface area contributed by atoms with Crippen LogP contribution in [0.1, 0.15) is 20.8 Å². The molecule has 1 aromatic rings. The fourth-order valence-corrected chi connectivity index (χ4v) is 2.84. The first-order chi connectivity index (χ1) is 8.82. The molecule has 0 spiro atoms. The summed E-state index contributed by atoms with van der Waals surface area (Å²) in [6.07, 6.45) is 0. The molecule has 0 saturated heterocycles. The van der Waals surface area contributed by atoms with Crippen LogP contribution in [-0.4, -0.2) is 34.2 Å². The van der Waals surface area contributed by atoms with Gasteiger partial charge in [0.05, 0.1) is 11.3 Å². The van der Waals surface area contributed by atoms with Crippen molar-refractivity contribution in [2.75, 3.05) is 25.5 Å². The Morgan fingerprint density at radius 1 is 1.26 bits per heavy atom. The number of nitrogens with one attached hydrogen (secondary N) is 2. The highest BCUT2D eigenvalue weighted by molar-refractivity contribution is 7.89. The molecule has 1 aromatic carbocycles. The summed E-state index contributed by atoms with van der Waals surface area (Å²) in [6, 6.07) is 6.84. The van der Waals surface area contributed by atoms with Gasteiger partial charge >= 0.3 is 0 Å². The fraction of sp³-hybridized carbons (Fsp3) is 0.538. The maximum absolute atomic E-state index is 12.3. The standard InChI is InChI=1S/C13H22N2O3S/c1-5-14-11-8-6-7-9-12(11)19(16,17)15-10-13(2,3)18-4/h6-9,14-15H,5,10H2,1-4H3. The highest BCUT2D eigenvalue weighted by atomic mass is 32.2. The molecule has 0 bridgehead atoms. The van der Waals surface area contributed by atoms with Gasteiger partial charge in [-0.3, -0.25) is 0 Å². The lowest BCUT2D eigenvalue weighted by molar-refractivity contribution is 0.0276. The number of benzene rings is 1. The smallest absolute Gasteiger partial charge is 0.242 e. The van der Waals surface area contributed by atoms with Crippen LogP contribution in [0.2, 0.25) is 0 Å². The van der Waals surface area contributed by atoms with Crippen LogP contribution in [-0.2, 0) is 14.8 Å². The number of methoxy groups -OCH3 is 1. The van der Waals surface area contributed by atoms with Gasteiger partial charge in [-0.25, -0.2) is 13.1 Å². The minimum atomic E-state index is -3.55. The second-order valence-electron chi connectivity index (χ2n) is 4.81. The Balaban J connectivity index is 2.95. The maximum Gasteiger partial charge on any atom is 0.242 e. The van der Waals surface area contributed by atoms with E-state index in [1.807, 2.05) is 20.8 Å². The molecule has 0 aliphatic rings. The molecule has 0 radical (unpaired) electrons. The Morgan fingerprint density at radius 3 is 2.47 bits per heavy atom. The van der Waals surface area contributed by atoms with Crippen LogP contribution in [0.25, 0.3) is 0 Å². The number of sulfonamides is 1. The molecule has 0 aromatic heterocycles. The van der Waals surface area contributed by atoms with Crippen LogP contribution in [0.3, 0.4) is 0 Å². The van der Waals surface area contributed by atoms with E-state index in [-0.39, 0.29) is 11.4 Å². The predicted molar refractivity (Wildman–Crippen MR) is 76.9 cm³/mol. The molecule has 0 unspecified atom stereocenters. The minimum Gasteiger partial charge on any atom is -0.384 e. The lowest BCUT2D eigenvalue weighted by Gasteiger charge is -2.23. The molecule has 19 heavy (non-hydrogen) atoms. The van der Waals surface area contributed by atoms with Crippen molar-refractivity contribution in [2.24, 2.45) is 0 Å². The summed E-state index contributed by atoms with van der Waals surface area (Å²) in [4.78, 5) is 0.253. The SMILES string of the molecule is CCNc1ccccc1S(=O)(=O)NCC(C)(C)OC. The average molecular weight is 286 g/mol. The Morgan fingerprint density at radius 2 is 1.89 bits per heavy atom. The van der Waals surface area contributed by atoms with Crippen molar-refractivity contribution in [2.45, 2.75) is 31.3 Å². The monoisotopic (exact) mass is 286 g/mol. The number of para-hydroxylation sites is 1. The first-order valence-corrected chi connectivity index (χ1v) is 7.68. The molecule has 0 aliphatic heterocycles. The predicted octanol–water partition coefficient (Wildman–Crippen LogP) is 1.82. The first kappa shape index (κ1) is 15.9. The van der Waals surface area contributed by atoms with Gasteiger partial charge in [0.15, 0.2) is 0 Å². The second kappa shape index (κ2) is 6.36. The number of ether oxygens (including phenoxy) is 1. The zero-order valence-corrected chi connectivity index (χ0v) is 12.7. The molecular formula is C13H22N2O3S. The minimum absolute atomic E-state index is 0.215. The largest absolute Gasteiger partial charge is 0.384 e. The molecule has 0 aliphatic carbocycles. The van der Waals surface area contributed by atoms with Crippen molar-refractivity contribution >= 4 is 15.7 Å². The van der Waals surface area contributed by atoms with E-state index in [1.54, 1.807) is 31.4 Å². The molecular weight excluding hydrogens is 264 g/mol. The molecule has 0 atom stereocenters. The van der Waals surface area contributed by atoms with Gasteiger partial charge in [0.25, 0.3) is 0 Å². The Kier molecular flexibility index (Phi) is 5.34. The van der Waals surface area contributed by atoms with Gasteiger partial charge < -0.3 is 10.1 Å². The van der Waals surface area contributed by atoms with Crippen molar-refractivity contribution in [1.29, 1.82) is 0 Å². The van der Waals surface area contributed by atoms with Gasteiger partial charge in [0.1, 0.15) is 4.90 Å². The summed E-state index contributed by atoms with van der Waals surface area (Å²) in [6.45, 7) is 6.45. The number of anilines is 1. The van der Waals surface area contributed by atoms with E-state index in [1.165, 1.54) is 0 Å². The molecule has 1 rings (SSSR count). The third kappa shape index (κ3) is 4.49. The average Bonchev–Trinajstić information content (AvgIpc) is 2.38. The van der Waals surface area contributed by atoms with Gasteiger partial charge in [0, 0.05) is 20.2 Å². The van der Waals surface area contributed by atoms with Gasteiger partial charge in [-0.2, -0.15) is 0 Å². The Hall–Kier alpha value is -1.11. The van der Waals surface area contributed by atoms with Crippen LogP contribution in [0.4, 0.5) is 5.69 Å². The number of hydrogen-bond donors (Lipinski definition) is 2. The zero-order chi connectivity index (χ0) is 14.5. The second-order valence-corrected chi connectivity index (χ2v) is 6.55. The summed E-state index contributed by atoms with van der Waals surface area (Å²) in [5.74, 6) is 0. The summed E-state index contributed by atoms with van der Waals surface area (Å²) in [5, 5.41) is 3.04. The molecule has 0 amide bonds. The molecule has 0 heterocycles. The van der Waals surface area contributed by atoms with Gasteiger partial charge in [-0.05, 0) is 32.9 Å². The third-order valence-electron chi connectivity index (χ3n) is 2.78. The van der Waals surface area contributed by atoms with E-state index in [9.17, 15) is 8.42 Å². The topological polar surface area (TPSA) is 67.4 Å². The van der Waals surface area contributed by atoms with E-state index in [0.717, 1.165) is 0 Å². The van der Waals surface area contributed by atoms with E-state index >= 15 is 0 Å². The highest BCUT2D eigenvalue weighted by Crippen LogP contribution is 2.20. The van der Waals surface area contributed by atoms with Crippen LogP contribution >= 0.6 is 0 Å². The lowest BCUT2D eigenvalue weighted by Crippen LogP contribution is -2.39. The quantitative estimate of drug-likeness (QED) is 0.802. The van der Waals surface area contributed by atoms with Crippen LogP contribution in [0, 0.1) is 0 Å². The van der Waals surface area contributed by atoms with Gasteiger partial charge in [0.2, 0.25) is 10.0 Å². The highest BCUT2D eigenvalue weighted by Gasteiger charge is 2.23. The normalized spacial score (nSPS) is 12.4. The maximum atomic E-state index is 12.3. The molecule has 0 saturated carbocycles. The van der Waals surface area contributed by atoms with Gasteiger partial charge in [-0.1, -0.05) is 12.1 Å². The van der Waals surface area contributed by atoms with Crippen LogP contribution in [0.15, 0.2) is 29.2 Å². The lowest BCUT2D eigenvalue weighted by atomic mass is 10.1. The molecule has 5 nitrogen and oxygen atoms in total. The summed E-state index contributed by atoms with van der Waals surface area (Å²) in [5.41, 5.74) is 0.0629.